The van der Waals surface area contributed by atoms with Crippen LogP contribution >= 0.6 is 0 Å². The van der Waals surface area contributed by atoms with E-state index in [1.54, 1.807) is 13.1 Å². The van der Waals surface area contributed by atoms with Crippen molar-refractivity contribution >= 4 is 11.8 Å². The molecule has 1 aliphatic heterocycles. The number of nitrogens with zero attached hydrogens (tertiary/aromatic N) is 1. The minimum Gasteiger partial charge on any atom is -0.359 e. The number of halogens is 1. The Hall–Kier alpha value is -2.69. The van der Waals surface area contributed by atoms with Gasteiger partial charge in [0.05, 0.1) is 5.41 Å². The molecule has 0 spiro atoms. The monoisotopic (exact) mass is 422 g/mol. The van der Waals surface area contributed by atoms with Gasteiger partial charge in [-0.3, -0.25) is 9.59 Å². The lowest BCUT2D eigenvalue weighted by atomic mass is 9.72. The van der Waals surface area contributed by atoms with Gasteiger partial charge in [-0.1, -0.05) is 49.2 Å². The number of rotatable bonds is 5. The van der Waals surface area contributed by atoms with E-state index in [4.69, 9.17) is 0 Å². The first-order chi connectivity index (χ1) is 15.0. The van der Waals surface area contributed by atoms with Gasteiger partial charge >= 0.3 is 0 Å². The van der Waals surface area contributed by atoms with Crippen molar-refractivity contribution < 1.29 is 14.0 Å². The number of benzene rings is 2. The second kappa shape index (κ2) is 9.21. The lowest BCUT2D eigenvalue weighted by molar-refractivity contribution is -0.142. The maximum absolute atomic E-state index is 13.8. The zero-order valence-corrected chi connectivity index (χ0v) is 18.2. The Morgan fingerprint density at radius 2 is 1.77 bits per heavy atom. The van der Waals surface area contributed by atoms with E-state index in [0.29, 0.717) is 32.4 Å². The summed E-state index contributed by atoms with van der Waals surface area (Å²) in [5.74, 6) is 0.186. The largest absolute Gasteiger partial charge is 0.359 e. The van der Waals surface area contributed by atoms with Crippen LogP contribution in [0, 0.1) is 17.2 Å². The Morgan fingerprint density at radius 3 is 2.45 bits per heavy atom. The topological polar surface area (TPSA) is 49.4 Å². The lowest BCUT2D eigenvalue weighted by Gasteiger charge is -2.41. The molecule has 1 saturated carbocycles. The van der Waals surface area contributed by atoms with Crippen molar-refractivity contribution in [2.45, 2.75) is 44.9 Å². The molecule has 0 aromatic heterocycles. The van der Waals surface area contributed by atoms with E-state index in [1.165, 1.54) is 12.1 Å². The van der Waals surface area contributed by atoms with Crippen LogP contribution in [0.2, 0.25) is 0 Å². The number of nitrogens with one attached hydrogen (secondary N) is 1. The normalized spacial score (nSPS) is 18.7. The molecule has 4 rings (SSSR count). The van der Waals surface area contributed by atoms with Crippen LogP contribution in [0.15, 0.2) is 48.5 Å². The van der Waals surface area contributed by atoms with Gasteiger partial charge in [0.1, 0.15) is 5.82 Å². The van der Waals surface area contributed by atoms with Gasteiger partial charge in [0.25, 0.3) is 0 Å². The van der Waals surface area contributed by atoms with Gasteiger partial charge in [0.2, 0.25) is 11.8 Å². The molecule has 1 saturated heterocycles. The predicted octanol–water partition coefficient (Wildman–Crippen LogP) is 4.58. The molecule has 1 aliphatic carbocycles. The number of carbonyl (C=O) groups is 2. The molecule has 5 heteroatoms. The van der Waals surface area contributed by atoms with Gasteiger partial charge in [-0.2, -0.15) is 0 Å². The van der Waals surface area contributed by atoms with Gasteiger partial charge < -0.3 is 10.2 Å². The van der Waals surface area contributed by atoms with Crippen molar-refractivity contribution in [3.05, 3.63) is 59.9 Å². The highest BCUT2D eigenvalue weighted by atomic mass is 19.1. The number of hydrogen-bond donors (Lipinski definition) is 1. The van der Waals surface area contributed by atoms with Crippen LogP contribution in [-0.4, -0.2) is 36.9 Å². The molecular formula is C26H31FN2O2. The minimum absolute atomic E-state index is 0.0227. The molecule has 2 amide bonds. The summed E-state index contributed by atoms with van der Waals surface area (Å²) in [7, 11) is 1.68. The van der Waals surface area contributed by atoms with E-state index in [2.05, 4.69) is 5.32 Å². The van der Waals surface area contributed by atoms with Crippen LogP contribution in [-0.2, 0) is 16.0 Å². The molecule has 1 heterocycles. The van der Waals surface area contributed by atoms with Crippen molar-refractivity contribution in [1.82, 2.24) is 10.2 Å². The highest BCUT2D eigenvalue weighted by molar-refractivity contribution is 5.84. The molecule has 0 unspecified atom stereocenters. The van der Waals surface area contributed by atoms with Crippen molar-refractivity contribution in [3.63, 3.8) is 0 Å². The second-order valence-electron chi connectivity index (χ2n) is 9.01. The van der Waals surface area contributed by atoms with Crippen LogP contribution < -0.4 is 5.32 Å². The number of amides is 2. The molecule has 4 nitrogen and oxygen atoms in total. The Balaban J connectivity index is 1.57. The summed E-state index contributed by atoms with van der Waals surface area (Å²) >= 11 is 0. The molecule has 31 heavy (non-hydrogen) atoms. The van der Waals surface area contributed by atoms with Gasteiger partial charge in [-0.15, -0.1) is 0 Å². The van der Waals surface area contributed by atoms with E-state index in [9.17, 15) is 14.0 Å². The average molecular weight is 423 g/mol. The van der Waals surface area contributed by atoms with E-state index in [0.717, 1.165) is 42.4 Å². The molecule has 2 fully saturated rings. The van der Waals surface area contributed by atoms with Crippen LogP contribution in [0.3, 0.4) is 0 Å². The Labute approximate surface area is 183 Å². The van der Waals surface area contributed by atoms with Crippen molar-refractivity contribution in [3.8, 4) is 11.1 Å². The smallest absolute Gasteiger partial charge is 0.226 e. The van der Waals surface area contributed by atoms with Gasteiger partial charge in [-0.25, -0.2) is 4.39 Å². The zero-order chi connectivity index (χ0) is 21.8. The van der Waals surface area contributed by atoms with Crippen molar-refractivity contribution in [2.75, 3.05) is 20.1 Å². The average Bonchev–Trinajstić information content (AvgIpc) is 3.34. The van der Waals surface area contributed by atoms with Gasteiger partial charge in [-0.05, 0) is 60.9 Å². The van der Waals surface area contributed by atoms with E-state index >= 15 is 0 Å². The SMILES string of the molecule is CNC(=O)C1(Cc2ccccc2-c2cccc(F)c2)CCN(C(=O)C2CCCC2)CC1. The summed E-state index contributed by atoms with van der Waals surface area (Å²) < 4.78 is 13.8. The lowest BCUT2D eigenvalue weighted by Crippen LogP contribution is -2.51. The fourth-order valence-electron chi connectivity index (χ4n) is 5.31. The van der Waals surface area contributed by atoms with Crippen molar-refractivity contribution in [1.29, 1.82) is 0 Å². The number of hydrogen-bond acceptors (Lipinski definition) is 2. The molecule has 0 bridgehead atoms. The summed E-state index contributed by atoms with van der Waals surface area (Å²) in [6, 6.07) is 14.5. The Morgan fingerprint density at radius 1 is 1.06 bits per heavy atom. The molecule has 0 atom stereocenters. The zero-order valence-electron chi connectivity index (χ0n) is 18.2. The Kier molecular flexibility index (Phi) is 6.40. The van der Waals surface area contributed by atoms with Crippen LogP contribution in [0.5, 0.6) is 0 Å². The van der Waals surface area contributed by atoms with Crippen LogP contribution in [0.25, 0.3) is 11.1 Å². The van der Waals surface area contributed by atoms with E-state index in [-0.39, 0.29) is 23.5 Å². The highest BCUT2D eigenvalue weighted by Crippen LogP contribution is 2.39. The van der Waals surface area contributed by atoms with Crippen LogP contribution in [0.1, 0.15) is 44.1 Å². The maximum atomic E-state index is 13.8. The second-order valence-corrected chi connectivity index (χ2v) is 9.01. The van der Waals surface area contributed by atoms with Gasteiger partial charge in [0, 0.05) is 26.1 Å². The third-order valence-corrected chi connectivity index (χ3v) is 7.13. The number of likely N-dealkylation sites (tertiary alicyclic amines) is 1. The fraction of sp³-hybridized carbons (Fsp3) is 0.462. The minimum atomic E-state index is -0.565. The maximum Gasteiger partial charge on any atom is 0.226 e. The summed E-state index contributed by atoms with van der Waals surface area (Å²) in [4.78, 5) is 27.9. The summed E-state index contributed by atoms with van der Waals surface area (Å²) in [6.45, 7) is 1.23. The third-order valence-electron chi connectivity index (χ3n) is 7.13. The third kappa shape index (κ3) is 4.51. The summed E-state index contributed by atoms with van der Waals surface area (Å²) in [5.41, 5.74) is 2.24. The molecule has 2 aliphatic rings. The molecule has 0 radical (unpaired) electrons. The fourth-order valence-corrected chi connectivity index (χ4v) is 5.31. The first-order valence-electron chi connectivity index (χ1n) is 11.4. The molecule has 1 N–H and O–H groups in total. The Bertz CT molecular complexity index is 944. The van der Waals surface area contributed by atoms with Crippen LogP contribution in [0.4, 0.5) is 4.39 Å². The van der Waals surface area contributed by atoms with Crippen molar-refractivity contribution in [2.24, 2.45) is 11.3 Å². The first kappa shape index (κ1) is 21.5. The first-order valence-corrected chi connectivity index (χ1v) is 11.4. The summed E-state index contributed by atoms with van der Waals surface area (Å²) in [5, 5.41) is 2.86. The highest BCUT2D eigenvalue weighted by Gasteiger charge is 2.43. The quantitative estimate of drug-likeness (QED) is 0.767. The molecule has 164 valence electrons. The predicted molar refractivity (Wildman–Crippen MR) is 120 cm³/mol. The molecule has 2 aromatic rings. The number of piperidine rings is 1. The summed E-state index contributed by atoms with van der Waals surface area (Å²) in [6.07, 6.45) is 6.14. The standard InChI is InChI=1S/C26H31FN2O2/c1-28-25(31)26(13-15-29(16-14-26)24(30)19-7-2-3-8-19)18-21-9-4-5-12-23(21)20-10-6-11-22(27)17-20/h4-6,9-12,17,19H,2-3,7-8,13-16,18H2,1H3,(H,28,31). The molecular weight excluding hydrogens is 391 g/mol. The number of carbonyl (C=O) groups excluding carboxylic acids is 2. The molecule has 2 aromatic carbocycles. The van der Waals surface area contributed by atoms with E-state index < -0.39 is 5.41 Å². The van der Waals surface area contributed by atoms with Gasteiger partial charge in [0.15, 0.2) is 0 Å². The van der Waals surface area contributed by atoms with E-state index in [1.807, 2.05) is 35.2 Å².